The van der Waals surface area contributed by atoms with E-state index >= 15 is 0 Å². The van der Waals surface area contributed by atoms with E-state index in [1.165, 1.54) is 24.3 Å². The van der Waals surface area contributed by atoms with E-state index in [4.69, 9.17) is 10.00 Å². The van der Waals surface area contributed by atoms with E-state index in [0.29, 0.717) is 0 Å². The molecular weight excluding hydrogens is 373 g/mol. The summed E-state index contributed by atoms with van der Waals surface area (Å²) in [6.07, 6.45) is 2.46. The first-order valence-electron chi connectivity index (χ1n) is 8.04. The Balaban J connectivity index is 1.98. The SMILES string of the molecule is CCOC(=O)[C@H](C#N)C=NCCN1C(=O)S/C(=C\c2ccccc2F)C1=O. The van der Waals surface area contributed by atoms with Crippen molar-refractivity contribution in [3.8, 4) is 6.07 Å². The monoisotopic (exact) mass is 389 g/mol. The van der Waals surface area contributed by atoms with Gasteiger partial charge < -0.3 is 4.74 Å². The Morgan fingerprint density at radius 2 is 2.19 bits per heavy atom. The summed E-state index contributed by atoms with van der Waals surface area (Å²) in [4.78, 5) is 40.8. The predicted molar refractivity (Wildman–Crippen MR) is 98.2 cm³/mol. The Kier molecular flexibility index (Phi) is 7.25. The number of benzene rings is 1. The zero-order valence-electron chi connectivity index (χ0n) is 14.4. The maximum absolute atomic E-state index is 13.7. The molecule has 1 aromatic carbocycles. The maximum atomic E-state index is 13.7. The molecular formula is C18H16FN3O4S. The van der Waals surface area contributed by atoms with Gasteiger partial charge in [0, 0.05) is 18.3 Å². The molecule has 0 aromatic heterocycles. The number of ether oxygens (including phenoxy) is 1. The molecule has 7 nitrogen and oxygen atoms in total. The lowest BCUT2D eigenvalue weighted by molar-refractivity contribution is -0.143. The number of aliphatic imine (C=N–C) groups is 1. The molecule has 0 aliphatic carbocycles. The number of esters is 1. The Morgan fingerprint density at radius 3 is 2.85 bits per heavy atom. The summed E-state index contributed by atoms with van der Waals surface area (Å²) in [7, 11) is 0. The number of hydrogen-bond donors (Lipinski definition) is 0. The molecule has 1 saturated heterocycles. The molecule has 140 valence electrons. The summed E-state index contributed by atoms with van der Waals surface area (Å²) in [6, 6.07) is 7.68. The highest BCUT2D eigenvalue weighted by Gasteiger charge is 2.34. The van der Waals surface area contributed by atoms with Crippen LogP contribution in [0.1, 0.15) is 12.5 Å². The van der Waals surface area contributed by atoms with Crippen LogP contribution in [0.2, 0.25) is 0 Å². The van der Waals surface area contributed by atoms with E-state index < -0.39 is 28.9 Å². The highest BCUT2D eigenvalue weighted by Crippen LogP contribution is 2.32. The van der Waals surface area contributed by atoms with Crippen LogP contribution in [0.4, 0.5) is 9.18 Å². The number of carbonyl (C=O) groups excluding carboxylic acids is 3. The van der Waals surface area contributed by atoms with Crippen LogP contribution in [0, 0.1) is 23.1 Å². The Morgan fingerprint density at radius 1 is 1.44 bits per heavy atom. The van der Waals surface area contributed by atoms with Crippen molar-refractivity contribution in [3.05, 3.63) is 40.6 Å². The van der Waals surface area contributed by atoms with Crippen molar-refractivity contribution in [1.29, 1.82) is 5.26 Å². The fourth-order valence-electron chi connectivity index (χ4n) is 2.14. The summed E-state index contributed by atoms with van der Waals surface area (Å²) < 4.78 is 18.4. The van der Waals surface area contributed by atoms with E-state index in [2.05, 4.69) is 4.99 Å². The van der Waals surface area contributed by atoms with Gasteiger partial charge in [0.15, 0.2) is 5.92 Å². The Hall–Kier alpha value is -2.99. The number of carbonyl (C=O) groups is 3. The molecule has 1 heterocycles. The van der Waals surface area contributed by atoms with E-state index in [0.717, 1.165) is 22.9 Å². The average Bonchev–Trinajstić information content (AvgIpc) is 2.91. The van der Waals surface area contributed by atoms with E-state index in [-0.39, 0.29) is 30.2 Å². The van der Waals surface area contributed by atoms with Crippen LogP contribution in [0.5, 0.6) is 0 Å². The average molecular weight is 389 g/mol. The van der Waals surface area contributed by atoms with E-state index in [1.807, 2.05) is 0 Å². The van der Waals surface area contributed by atoms with Gasteiger partial charge in [-0.25, -0.2) is 4.39 Å². The summed E-state index contributed by atoms with van der Waals surface area (Å²) >= 11 is 0.719. The van der Waals surface area contributed by atoms with Crippen LogP contribution < -0.4 is 0 Å². The van der Waals surface area contributed by atoms with Crippen molar-refractivity contribution < 1.29 is 23.5 Å². The van der Waals surface area contributed by atoms with Gasteiger partial charge in [-0.05, 0) is 30.8 Å². The summed E-state index contributed by atoms with van der Waals surface area (Å²) in [6.45, 7) is 1.79. The number of amides is 2. The van der Waals surface area contributed by atoms with Crippen LogP contribution in [0.3, 0.4) is 0 Å². The fraction of sp³-hybridized carbons (Fsp3) is 0.278. The van der Waals surface area contributed by atoms with Gasteiger partial charge in [0.1, 0.15) is 5.82 Å². The molecule has 2 amide bonds. The Bertz CT molecular complexity index is 847. The number of imide groups is 1. The normalized spacial score (nSPS) is 16.8. The van der Waals surface area contributed by atoms with E-state index in [9.17, 15) is 18.8 Å². The second-order valence-electron chi connectivity index (χ2n) is 5.27. The van der Waals surface area contributed by atoms with E-state index in [1.54, 1.807) is 19.1 Å². The van der Waals surface area contributed by atoms with Crippen LogP contribution in [0.25, 0.3) is 6.08 Å². The predicted octanol–water partition coefficient (Wildman–Crippen LogP) is 2.64. The van der Waals surface area contributed by atoms with Crippen molar-refractivity contribution in [1.82, 2.24) is 4.90 Å². The molecule has 0 radical (unpaired) electrons. The van der Waals surface area contributed by atoms with Gasteiger partial charge in [-0.2, -0.15) is 5.26 Å². The number of rotatable bonds is 7. The number of hydrogen-bond acceptors (Lipinski definition) is 7. The third kappa shape index (κ3) is 5.24. The van der Waals surface area contributed by atoms with Crippen molar-refractivity contribution in [3.63, 3.8) is 0 Å². The molecule has 0 unspecified atom stereocenters. The van der Waals surface area contributed by atoms with Crippen LogP contribution in [-0.4, -0.2) is 47.9 Å². The third-order valence-corrected chi connectivity index (χ3v) is 4.36. The quantitative estimate of drug-likeness (QED) is 0.404. The summed E-state index contributed by atoms with van der Waals surface area (Å²) in [5.41, 5.74) is 0.215. The highest BCUT2D eigenvalue weighted by molar-refractivity contribution is 8.18. The molecule has 1 atom stereocenters. The minimum atomic E-state index is -1.14. The van der Waals surface area contributed by atoms with Gasteiger partial charge in [0.05, 0.1) is 24.1 Å². The van der Waals surface area contributed by atoms with Gasteiger partial charge in [0.25, 0.3) is 11.1 Å². The van der Waals surface area contributed by atoms with Crippen molar-refractivity contribution in [2.75, 3.05) is 19.7 Å². The summed E-state index contributed by atoms with van der Waals surface area (Å²) in [5, 5.41) is 8.43. The molecule has 0 N–H and O–H groups in total. The van der Waals surface area contributed by atoms with Gasteiger partial charge in [-0.15, -0.1) is 0 Å². The van der Waals surface area contributed by atoms with Gasteiger partial charge >= 0.3 is 5.97 Å². The lowest BCUT2D eigenvalue weighted by Crippen LogP contribution is -2.30. The molecule has 1 aromatic rings. The lowest BCUT2D eigenvalue weighted by Gasteiger charge is -2.10. The standard InChI is InChI=1S/C18H16FN3O4S/c1-2-26-17(24)13(10-20)11-21-7-8-22-16(23)15(27-18(22)25)9-12-5-3-4-6-14(12)19/h3-6,9,11,13H,2,7-8H2,1H3/b15-9-,21-11?/t13-/m1/s1. The van der Waals surface area contributed by atoms with Crippen molar-refractivity contribution >= 4 is 41.2 Å². The molecule has 0 bridgehead atoms. The van der Waals surface area contributed by atoms with Gasteiger partial charge in [-0.1, -0.05) is 18.2 Å². The highest BCUT2D eigenvalue weighted by atomic mass is 32.2. The second-order valence-corrected chi connectivity index (χ2v) is 6.26. The first-order valence-corrected chi connectivity index (χ1v) is 8.85. The van der Waals surface area contributed by atoms with Gasteiger partial charge in [-0.3, -0.25) is 24.3 Å². The molecule has 2 rings (SSSR count). The number of nitriles is 1. The smallest absolute Gasteiger partial charge is 0.328 e. The molecule has 0 spiro atoms. The third-order valence-electron chi connectivity index (χ3n) is 3.45. The molecule has 9 heteroatoms. The maximum Gasteiger partial charge on any atom is 0.328 e. The van der Waals surface area contributed by atoms with Crippen LogP contribution in [-0.2, 0) is 14.3 Å². The lowest BCUT2D eigenvalue weighted by atomic mass is 10.2. The minimum absolute atomic E-state index is 0.0171. The molecule has 1 fully saturated rings. The molecule has 27 heavy (non-hydrogen) atoms. The van der Waals surface area contributed by atoms with Crippen LogP contribution >= 0.6 is 11.8 Å². The topological polar surface area (TPSA) is 99.8 Å². The zero-order valence-corrected chi connectivity index (χ0v) is 15.2. The number of nitrogens with zero attached hydrogens (tertiary/aromatic N) is 3. The molecule has 1 aliphatic rings. The zero-order chi connectivity index (χ0) is 19.8. The largest absolute Gasteiger partial charge is 0.465 e. The van der Waals surface area contributed by atoms with Crippen LogP contribution in [0.15, 0.2) is 34.2 Å². The summed E-state index contributed by atoms with van der Waals surface area (Å²) in [5.74, 6) is -2.87. The molecule has 0 saturated carbocycles. The Labute approximate surface area is 159 Å². The first-order chi connectivity index (χ1) is 13.0. The fourth-order valence-corrected chi connectivity index (χ4v) is 3.00. The minimum Gasteiger partial charge on any atom is -0.465 e. The van der Waals surface area contributed by atoms with Gasteiger partial charge in [0.2, 0.25) is 0 Å². The number of halogens is 1. The van der Waals surface area contributed by atoms with Crippen molar-refractivity contribution in [2.24, 2.45) is 10.9 Å². The van der Waals surface area contributed by atoms with Crippen molar-refractivity contribution in [2.45, 2.75) is 6.92 Å². The number of thioether (sulfide) groups is 1. The molecule has 1 aliphatic heterocycles. The first kappa shape index (κ1) is 20.3. The second kappa shape index (κ2) is 9.64.